The number of hydrogen-bond donors (Lipinski definition) is 1. The van der Waals surface area contributed by atoms with E-state index >= 15 is 0 Å². The molecule has 2 aliphatic heterocycles. The average Bonchev–Trinajstić information content (AvgIpc) is 3.10. The number of primary amides is 1. The van der Waals surface area contributed by atoms with E-state index in [1.54, 1.807) is 0 Å². The minimum atomic E-state index is -0.148. The summed E-state index contributed by atoms with van der Waals surface area (Å²) in [6.45, 7) is 4.76. The van der Waals surface area contributed by atoms with Crippen molar-refractivity contribution in [3.63, 3.8) is 0 Å². The van der Waals surface area contributed by atoms with Crippen LogP contribution in [0, 0.1) is 11.8 Å². The summed E-state index contributed by atoms with van der Waals surface area (Å²) in [5, 5.41) is 1.95. The van der Waals surface area contributed by atoms with E-state index in [0.29, 0.717) is 5.92 Å². The van der Waals surface area contributed by atoms with E-state index in [2.05, 4.69) is 4.90 Å². The normalized spacial score (nSPS) is 21.5. The SMILES string of the molecule is NC(=O)C1CCN(CC2CCN(C(=O)c3cccs3)CC2)CC1. The molecule has 0 unspecified atom stereocenters. The molecule has 3 rings (SSSR count). The topological polar surface area (TPSA) is 66.6 Å². The van der Waals surface area contributed by atoms with Gasteiger partial charge >= 0.3 is 0 Å². The summed E-state index contributed by atoms with van der Waals surface area (Å²) in [5.41, 5.74) is 5.39. The minimum absolute atomic E-state index is 0.0662. The van der Waals surface area contributed by atoms with Crippen molar-refractivity contribution in [2.45, 2.75) is 25.7 Å². The van der Waals surface area contributed by atoms with E-state index in [0.717, 1.165) is 63.3 Å². The van der Waals surface area contributed by atoms with E-state index in [4.69, 9.17) is 5.73 Å². The van der Waals surface area contributed by atoms with Crippen LogP contribution in [0.3, 0.4) is 0 Å². The molecule has 0 saturated carbocycles. The molecule has 2 saturated heterocycles. The molecule has 0 atom stereocenters. The number of likely N-dealkylation sites (tertiary alicyclic amines) is 2. The fourth-order valence-electron chi connectivity index (χ4n) is 3.64. The van der Waals surface area contributed by atoms with Crippen molar-refractivity contribution in [1.82, 2.24) is 9.80 Å². The Morgan fingerprint density at radius 2 is 1.83 bits per heavy atom. The van der Waals surface area contributed by atoms with Crippen LogP contribution in [0.2, 0.25) is 0 Å². The van der Waals surface area contributed by atoms with Crippen molar-refractivity contribution in [3.05, 3.63) is 22.4 Å². The van der Waals surface area contributed by atoms with E-state index in [-0.39, 0.29) is 17.7 Å². The molecule has 0 spiro atoms. The molecule has 0 aromatic carbocycles. The van der Waals surface area contributed by atoms with Crippen LogP contribution in [0.25, 0.3) is 0 Å². The van der Waals surface area contributed by atoms with Crippen LogP contribution in [0.4, 0.5) is 0 Å². The van der Waals surface area contributed by atoms with Crippen LogP contribution in [0.1, 0.15) is 35.4 Å². The smallest absolute Gasteiger partial charge is 0.263 e. The Morgan fingerprint density at radius 3 is 2.39 bits per heavy atom. The summed E-state index contributed by atoms with van der Waals surface area (Å²) < 4.78 is 0. The van der Waals surface area contributed by atoms with Crippen molar-refractivity contribution in [2.75, 3.05) is 32.7 Å². The second kappa shape index (κ2) is 7.45. The number of carbonyl (C=O) groups is 2. The molecule has 5 nitrogen and oxygen atoms in total. The van der Waals surface area contributed by atoms with Gasteiger partial charge in [-0.3, -0.25) is 9.59 Å². The van der Waals surface area contributed by atoms with E-state index in [9.17, 15) is 9.59 Å². The van der Waals surface area contributed by atoms with Gasteiger partial charge in [0.15, 0.2) is 0 Å². The molecule has 2 fully saturated rings. The van der Waals surface area contributed by atoms with E-state index < -0.39 is 0 Å². The zero-order chi connectivity index (χ0) is 16.2. The molecule has 0 radical (unpaired) electrons. The Kier molecular flexibility index (Phi) is 5.33. The Morgan fingerprint density at radius 1 is 1.13 bits per heavy atom. The number of piperidine rings is 2. The minimum Gasteiger partial charge on any atom is -0.369 e. The number of amides is 2. The number of carbonyl (C=O) groups excluding carboxylic acids is 2. The van der Waals surface area contributed by atoms with E-state index in [1.165, 1.54) is 11.3 Å². The molecule has 6 heteroatoms. The van der Waals surface area contributed by atoms with Gasteiger partial charge in [0.1, 0.15) is 0 Å². The van der Waals surface area contributed by atoms with Gasteiger partial charge in [0.2, 0.25) is 5.91 Å². The van der Waals surface area contributed by atoms with Gasteiger partial charge in [-0.1, -0.05) is 6.07 Å². The van der Waals surface area contributed by atoms with Crippen LogP contribution in [0.5, 0.6) is 0 Å². The summed E-state index contributed by atoms with van der Waals surface area (Å²) in [7, 11) is 0. The maximum atomic E-state index is 12.3. The first-order chi connectivity index (χ1) is 11.1. The molecule has 2 aliphatic rings. The van der Waals surface area contributed by atoms with Crippen LogP contribution >= 0.6 is 11.3 Å². The summed E-state index contributed by atoms with van der Waals surface area (Å²) in [6.07, 6.45) is 3.94. The highest BCUT2D eigenvalue weighted by molar-refractivity contribution is 7.12. The number of thiophene rings is 1. The lowest BCUT2D eigenvalue weighted by Crippen LogP contribution is -2.44. The fraction of sp³-hybridized carbons (Fsp3) is 0.647. The number of rotatable bonds is 4. The van der Waals surface area contributed by atoms with Crippen molar-refractivity contribution in [1.29, 1.82) is 0 Å². The predicted molar refractivity (Wildman–Crippen MR) is 91.3 cm³/mol. The molecular formula is C17H25N3O2S. The first kappa shape index (κ1) is 16.5. The summed E-state index contributed by atoms with van der Waals surface area (Å²) in [5.74, 6) is 0.759. The number of hydrogen-bond acceptors (Lipinski definition) is 4. The van der Waals surface area contributed by atoms with Crippen LogP contribution in [-0.2, 0) is 4.79 Å². The first-order valence-electron chi connectivity index (χ1n) is 8.48. The van der Waals surface area contributed by atoms with Gasteiger partial charge < -0.3 is 15.5 Å². The van der Waals surface area contributed by atoms with Gasteiger partial charge in [0.25, 0.3) is 5.91 Å². The maximum Gasteiger partial charge on any atom is 0.263 e. The molecule has 1 aromatic rings. The quantitative estimate of drug-likeness (QED) is 0.912. The van der Waals surface area contributed by atoms with Crippen molar-refractivity contribution >= 4 is 23.2 Å². The van der Waals surface area contributed by atoms with Gasteiger partial charge in [0.05, 0.1) is 4.88 Å². The third-order valence-electron chi connectivity index (χ3n) is 5.14. The highest BCUT2D eigenvalue weighted by Gasteiger charge is 2.28. The summed E-state index contributed by atoms with van der Waals surface area (Å²) in [6, 6.07) is 3.84. The maximum absolute atomic E-state index is 12.3. The van der Waals surface area contributed by atoms with Gasteiger partial charge in [0, 0.05) is 25.6 Å². The lowest BCUT2D eigenvalue weighted by molar-refractivity contribution is -0.123. The molecule has 0 bridgehead atoms. The molecule has 2 amide bonds. The molecule has 23 heavy (non-hydrogen) atoms. The Labute approximate surface area is 141 Å². The molecular weight excluding hydrogens is 310 g/mol. The van der Waals surface area contributed by atoms with Crippen molar-refractivity contribution in [2.24, 2.45) is 17.6 Å². The molecule has 0 aliphatic carbocycles. The lowest BCUT2D eigenvalue weighted by Gasteiger charge is -2.37. The average molecular weight is 335 g/mol. The van der Waals surface area contributed by atoms with Crippen LogP contribution in [-0.4, -0.2) is 54.3 Å². The third-order valence-corrected chi connectivity index (χ3v) is 6.00. The second-order valence-electron chi connectivity index (χ2n) is 6.69. The van der Waals surface area contributed by atoms with Gasteiger partial charge in [-0.25, -0.2) is 0 Å². The van der Waals surface area contributed by atoms with Crippen LogP contribution in [0.15, 0.2) is 17.5 Å². The summed E-state index contributed by atoms with van der Waals surface area (Å²) >= 11 is 1.52. The Balaban J connectivity index is 1.41. The fourth-order valence-corrected chi connectivity index (χ4v) is 4.33. The zero-order valence-electron chi connectivity index (χ0n) is 13.4. The van der Waals surface area contributed by atoms with Crippen molar-refractivity contribution < 1.29 is 9.59 Å². The standard InChI is InChI=1S/C17H25N3O2S/c18-16(21)14-5-7-19(8-6-14)12-13-3-9-20(10-4-13)17(22)15-2-1-11-23-15/h1-2,11,13-14H,3-10,12H2,(H2,18,21). The predicted octanol–water partition coefficient (Wildman–Crippen LogP) is 1.80. The molecule has 3 heterocycles. The summed E-state index contributed by atoms with van der Waals surface area (Å²) in [4.78, 5) is 28.8. The highest BCUT2D eigenvalue weighted by atomic mass is 32.1. The Hall–Kier alpha value is -1.40. The lowest BCUT2D eigenvalue weighted by atomic mass is 9.92. The van der Waals surface area contributed by atoms with Gasteiger partial charge in [-0.2, -0.15) is 0 Å². The largest absolute Gasteiger partial charge is 0.369 e. The monoisotopic (exact) mass is 335 g/mol. The van der Waals surface area contributed by atoms with Crippen LogP contribution < -0.4 is 5.73 Å². The molecule has 2 N–H and O–H groups in total. The molecule has 1 aromatic heterocycles. The second-order valence-corrected chi connectivity index (χ2v) is 7.64. The van der Waals surface area contributed by atoms with Crippen molar-refractivity contribution in [3.8, 4) is 0 Å². The number of nitrogens with zero attached hydrogens (tertiary/aromatic N) is 2. The molecule has 126 valence electrons. The first-order valence-corrected chi connectivity index (χ1v) is 9.36. The van der Waals surface area contributed by atoms with E-state index in [1.807, 2.05) is 22.4 Å². The van der Waals surface area contributed by atoms with Gasteiger partial charge in [-0.15, -0.1) is 11.3 Å². The Bertz CT molecular complexity index is 530. The zero-order valence-corrected chi connectivity index (χ0v) is 14.3. The van der Waals surface area contributed by atoms with Gasteiger partial charge in [-0.05, 0) is 56.1 Å². The number of nitrogens with two attached hydrogens (primary N) is 1. The third kappa shape index (κ3) is 4.12. The highest BCUT2D eigenvalue weighted by Crippen LogP contribution is 2.24.